The Balaban J connectivity index is 1.66. The maximum atomic E-state index is 12.6. The summed E-state index contributed by atoms with van der Waals surface area (Å²) in [4.78, 5) is 28.6. The molecule has 2 aromatic rings. The number of nitrogens with zero attached hydrogens (tertiary/aromatic N) is 2. The highest BCUT2D eigenvalue weighted by molar-refractivity contribution is 9.10. The standard InChI is InChI=1S/C18H15BrCl2N2O2/c19-13-3-1-2-12(10-13)17(24)22-6-8-23(9-7-22)18(25)15-11-14(20)4-5-16(15)21/h1-5,10-11H,6-9H2. The molecule has 0 aliphatic carbocycles. The van der Waals surface area contributed by atoms with Gasteiger partial charge in [-0.25, -0.2) is 0 Å². The maximum absolute atomic E-state index is 12.6. The number of rotatable bonds is 2. The molecule has 0 radical (unpaired) electrons. The quantitative estimate of drug-likeness (QED) is 0.694. The molecule has 0 spiro atoms. The maximum Gasteiger partial charge on any atom is 0.255 e. The molecule has 1 heterocycles. The normalized spacial score (nSPS) is 14.5. The smallest absolute Gasteiger partial charge is 0.255 e. The molecule has 0 saturated carbocycles. The van der Waals surface area contributed by atoms with Gasteiger partial charge in [0, 0.05) is 41.2 Å². The highest BCUT2D eigenvalue weighted by atomic mass is 79.9. The highest BCUT2D eigenvalue weighted by Crippen LogP contribution is 2.23. The molecule has 0 atom stereocenters. The van der Waals surface area contributed by atoms with E-state index in [1.54, 1.807) is 40.1 Å². The molecule has 0 unspecified atom stereocenters. The van der Waals surface area contributed by atoms with Crippen LogP contribution < -0.4 is 0 Å². The van der Waals surface area contributed by atoms with Crippen LogP contribution in [-0.4, -0.2) is 47.8 Å². The number of hydrogen-bond acceptors (Lipinski definition) is 2. The number of benzene rings is 2. The van der Waals surface area contributed by atoms with Crippen molar-refractivity contribution in [2.45, 2.75) is 0 Å². The predicted molar refractivity (Wildman–Crippen MR) is 102 cm³/mol. The lowest BCUT2D eigenvalue weighted by molar-refractivity contribution is 0.0535. The molecular weight excluding hydrogens is 427 g/mol. The van der Waals surface area contributed by atoms with Crippen LogP contribution >= 0.6 is 39.1 Å². The largest absolute Gasteiger partial charge is 0.335 e. The summed E-state index contributed by atoms with van der Waals surface area (Å²) < 4.78 is 0.864. The van der Waals surface area contributed by atoms with E-state index in [4.69, 9.17) is 23.2 Å². The second-order valence-electron chi connectivity index (χ2n) is 5.72. The van der Waals surface area contributed by atoms with Crippen molar-refractivity contribution in [2.24, 2.45) is 0 Å². The van der Waals surface area contributed by atoms with Crippen molar-refractivity contribution in [1.29, 1.82) is 0 Å². The first-order chi connectivity index (χ1) is 12.0. The Hall–Kier alpha value is -1.56. The van der Waals surface area contributed by atoms with E-state index >= 15 is 0 Å². The van der Waals surface area contributed by atoms with E-state index in [1.807, 2.05) is 12.1 Å². The zero-order valence-corrected chi connectivity index (χ0v) is 16.3. The van der Waals surface area contributed by atoms with Gasteiger partial charge in [0.25, 0.3) is 11.8 Å². The van der Waals surface area contributed by atoms with Gasteiger partial charge in [-0.05, 0) is 36.4 Å². The van der Waals surface area contributed by atoms with Gasteiger partial charge in [0.05, 0.1) is 10.6 Å². The van der Waals surface area contributed by atoms with E-state index < -0.39 is 0 Å². The van der Waals surface area contributed by atoms with Crippen molar-refractivity contribution < 1.29 is 9.59 Å². The third-order valence-electron chi connectivity index (χ3n) is 4.08. The lowest BCUT2D eigenvalue weighted by Crippen LogP contribution is -2.50. The minimum absolute atomic E-state index is 0.0332. The Labute approximate surface area is 164 Å². The molecule has 25 heavy (non-hydrogen) atoms. The Morgan fingerprint density at radius 1 is 0.880 bits per heavy atom. The van der Waals surface area contributed by atoms with Crippen LogP contribution in [0, 0.1) is 0 Å². The molecule has 130 valence electrons. The van der Waals surface area contributed by atoms with Crippen molar-refractivity contribution in [3.8, 4) is 0 Å². The van der Waals surface area contributed by atoms with Gasteiger partial charge < -0.3 is 9.80 Å². The lowest BCUT2D eigenvalue weighted by Gasteiger charge is -2.35. The van der Waals surface area contributed by atoms with Crippen LogP contribution in [0.3, 0.4) is 0 Å². The minimum atomic E-state index is -0.165. The fourth-order valence-corrected chi connectivity index (χ4v) is 3.52. The Morgan fingerprint density at radius 2 is 1.52 bits per heavy atom. The van der Waals surface area contributed by atoms with Crippen molar-refractivity contribution in [1.82, 2.24) is 9.80 Å². The molecule has 4 nitrogen and oxygen atoms in total. The van der Waals surface area contributed by atoms with Crippen LogP contribution in [0.2, 0.25) is 10.0 Å². The fourth-order valence-electron chi connectivity index (χ4n) is 2.75. The Morgan fingerprint density at radius 3 is 2.16 bits per heavy atom. The predicted octanol–water partition coefficient (Wildman–Crippen LogP) is 4.35. The number of piperazine rings is 1. The summed E-state index contributed by atoms with van der Waals surface area (Å²) in [5.74, 6) is -0.198. The molecule has 1 aliphatic rings. The Bertz CT molecular complexity index is 820. The van der Waals surface area contributed by atoms with Crippen LogP contribution in [0.15, 0.2) is 46.9 Å². The number of amides is 2. The first kappa shape index (κ1) is 18.2. The van der Waals surface area contributed by atoms with Gasteiger partial charge in [0.2, 0.25) is 0 Å². The molecule has 2 aromatic carbocycles. The molecule has 1 saturated heterocycles. The molecule has 0 aromatic heterocycles. The summed E-state index contributed by atoms with van der Waals surface area (Å²) in [7, 11) is 0. The molecule has 2 amide bonds. The molecule has 7 heteroatoms. The van der Waals surface area contributed by atoms with Crippen LogP contribution in [0.25, 0.3) is 0 Å². The van der Waals surface area contributed by atoms with Gasteiger partial charge in [-0.2, -0.15) is 0 Å². The van der Waals surface area contributed by atoms with Crippen molar-refractivity contribution in [3.63, 3.8) is 0 Å². The van der Waals surface area contributed by atoms with Gasteiger partial charge in [-0.3, -0.25) is 9.59 Å². The number of hydrogen-bond donors (Lipinski definition) is 0. The second kappa shape index (κ2) is 7.77. The minimum Gasteiger partial charge on any atom is -0.335 e. The average molecular weight is 442 g/mol. The molecule has 1 aliphatic heterocycles. The summed E-state index contributed by atoms with van der Waals surface area (Å²) in [5.41, 5.74) is 1.02. The molecule has 3 rings (SSSR count). The monoisotopic (exact) mass is 440 g/mol. The number of carbonyl (C=O) groups excluding carboxylic acids is 2. The third-order valence-corrected chi connectivity index (χ3v) is 5.14. The van der Waals surface area contributed by atoms with E-state index in [0.717, 1.165) is 4.47 Å². The van der Waals surface area contributed by atoms with Crippen LogP contribution in [0.5, 0.6) is 0 Å². The van der Waals surface area contributed by atoms with Gasteiger partial charge in [-0.15, -0.1) is 0 Å². The van der Waals surface area contributed by atoms with Crippen molar-refractivity contribution >= 4 is 50.9 Å². The van der Waals surface area contributed by atoms with E-state index in [1.165, 1.54) is 0 Å². The van der Waals surface area contributed by atoms with Gasteiger partial charge in [-0.1, -0.05) is 45.2 Å². The van der Waals surface area contributed by atoms with Gasteiger partial charge in [0.1, 0.15) is 0 Å². The van der Waals surface area contributed by atoms with Crippen LogP contribution in [0.1, 0.15) is 20.7 Å². The fraction of sp³-hybridized carbons (Fsp3) is 0.222. The van der Waals surface area contributed by atoms with E-state index in [9.17, 15) is 9.59 Å². The average Bonchev–Trinajstić information content (AvgIpc) is 2.62. The van der Waals surface area contributed by atoms with Crippen LogP contribution in [0.4, 0.5) is 0 Å². The van der Waals surface area contributed by atoms with Crippen LogP contribution in [-0.2, 0) is 0 Å². The zero-order chi connectivity index (χ0) is 18.0. The summed E-state index contributed by atoms with van der Waals surface area (Å²) in [6.07, 6.45) is 0. The first-order valence-corrected chi connectivity index (χ1v) is 9.30. The summed E-state index contributed by atoms with van der Waals surface area (Å²) >= 11 is 15.4. The van der Waals surface area contributed by atoms with E-state index in [0.29, 0.717) is 47.4 Å². The lowest BCUT2D eigenvalue weighted by atomic mass is 10.1. The molecule has 1 fully saturated rings. The van der Waals surface area contributed by atoms with Crippen molar-refractivity contribution in [3.05, 3.63) is 68.1 Å². The first-order valence-electron chi connectivity index (χ1n) is 7.75. The van der Waals surface area contributed by atoms with Crippen molar-refractivity contribution in [2.75, 3.05) is 26.2 Å². The highest BCUT2D eigenvalue weighted by Gasteiger charge is 2.26. The van der Waals surface area contributed by atoms with Gasteiger partial charge >= 0.3 is 0 Å². The Kier molecular flexibility index (Phi) is 5.67. The SMILES string of the molecule is O=C(c1cccc(Br)c1)N1CCN(C(=O)c2cc(Cl)ccc2Cl)CC1. The number of halogens is 3. The third kappa shape index (κ3) is 4.17. The van der Waals surface area contributed by atoms with E-state index in [2.05, 4.69) is 15.9 Å². The molecule has 0 N–H and O–H groups in total. The summed E-state index contributed by atoms with van der Waals surface area (Å²) in [5, 5.41) is 0.846. The van der Waals surface area contributed by atoms with E-state index in [-0.39, 0.29) is 11.8 Å². The second-order valence-corrected chi connectivity index (χ2v) is 7.48. The topological polar surface area (TPSA) is 40.6 Å². The number of carbonyl (C=O) groups is 2. The molecule has 0 bridgehead atoms. The molecular formula is C18H15BrCl2N2O2. The summed E-state index contributed by atoms with van der Waals surface area (Å²) in [6.45, 7) is 1.88. The van der Waals surface area contributed by atoms with Gasteiger partial charge in [0.15, 0.2) is 0 Å². The zero-order valence-electron chi connectivity index (χ0n) is 13.2. The summed E-state index contributed by atoms with van der Waals surface area (Å²) in [6, 6.07) is 12.1.